The molecular weight excluding hydrogens is 376 g/mol. The summed E-state index contributed by atoms with van der Waals surface area (Å²) >= 11 is 8.62. The summed E-state index contributed by atoms with van der Waals surface area (Å²) in [5.41, 5.74) is 9.33. The lowest BCUT2D eigenvalue weighted by Crippen LogP contribution is -2.17. The Kier molecular flexibility index (Phi) is 4.84. The van der Waals surface area contributed by atoms with Crippen molar-refractivity contribution in [3.05, 3.63) is 49.0 Å². The first-order valence-corrected chi connectivity index (χ1v) is 7.96. The van der Waals surface area contributed by atoms with E-state index in [9.17, 15) is 0 Å². The maximum atomic E-state index is 6.01. The van der Waals surface area contributed by atoms with Crippen molar-refractivity contribution >= 4 is 48.9 Å². The van der Waals surface area contributed by atoms with Gasteiger partial charge in [-0.1, -0.05) is 22.0 Å². The zero-order chi connectivity index (χ0) is 13.1. The molecule has 0 radical (unpaired) electrons. The fourth-order valence-electron chi connectivity index (χ4n) is 1.80. The van der Waals surface area contributed by atoms with Crippen LogP contribution in [0.25, 0.3) is 0 Å². The number of nitrogens with two attached hydrogens (primary N) is 1. The van der Waals surface area contributed by atoms with Gasteiger partial charge >= 0.3 is 0 Å². The topological polar surface area (TPSA) is 29.3 Å². The van der Waals surface area contributed by atoms with Crippen LogP contribution < -0.4 is 5.73 Å². The zero-order valence-corrected chi connectivity index (χ0v) is 14.0. The van der Waals surface area contributed by atoms with E-state index in [-0.39, 0.29) is 0 Å². The van der Waals surface area contributed by atoms with Gasteiger partial charge in [-0.25, -0.2) is 0 Å². The Morgan fingerprint density at radius 1 is 1.22 bits per heavy atom. The first kappa shape index (κ1) is 14.1. The van der Waals surface area contributed by atoms with Crippen LogP contribution in [0, 0.1) is 0 Å². The van der Waals surface area contributed by atoms with Crippen molar-refractivity contribution in [3.8, 4) is 0 Å². The fourth-order valence-corrected chi connectivity index (χ4v) is 3.38. The minimum Gasteiger partial charge on any atom is -0.398 e. The lowest BCUT2D eigenvalue weighted by atomic mass is 10.1. The summed E-state index contributed by atoms with van der Waals surface area (Å²) < 4.78 is 2.20. The normalized spacial score (nSPS) is 11.1. The average Bonchev–Trinajstić information content (AvgIpc) is 2.68. The molecule has 1 aromatic carbocycles. The van der Waals surface area contributed by atoms with Gasteiger partial charge in [-0.05, 0) is 57.7 Å². The largest absolute Gasteiger partial charge is 0.398 e. The Labute approximate surface area is 128 Å². The van der Waals surface area contributed by atoms with E-state index in [1.807, 2.05) is 12.1 Å². The molecule has 0 spiro atoms. The number of halogens is 2. The molecule has 2 nitrogen and oxygen atoms in total. The van der Waals surface area contributed by atoms with Crippen LogP contribution in [-0.2, 0) is 13.1 Å². The van der Waals surface area contributed by atoms with Crippen LogP contribution in [0.15, 0.2) is 37.9 Å². The van der Waals surface area contributed by atoms with E-state index in [1.54, 1.807) is 11.3 Å². The van der Waals surface area contributed by atoms with Gasteiger partial charge in [0.2, 0.25) is 0 Å². The molecule has 1 heterocycles. The van der Waals surface area contributed by atoms with Gasteiger partial charge in [-0.2, -0.15) is 0 Å². The second-order valence-corrected chi connectivity index (χ2v) is 7.48. The Hall–Kier alpha value is -0.360. The van der Waals surface area contributed by atoms with Gasteiger partial charge in [-0.3, -0.25) is 4.90 Å². The van der Waals surface area contributed by atoms with E-state index in [2.05, 4.69) is 61.3 Å². The van der Waals surface area contributed by atoms with Gasteiger partial charge in [0.05, 0.1) is 3.79 Å². The monoisotopic (exact) mass is 388 g/mol. The molecule has 0 saturated carbocycles. The average molecular weight is 390 g/mol. The number of anilines is 1. The molecule has 0 aliphatic rings. The number of benzene rings is 1. The van der Waals surface area contributed by atoms with Gasteiger partial charge in [0.25, 0.3) is 0 Å². The molecule has 0 aliphatic carbocycles. The minimum atomic E-state index is 0.836. The Bertz CT molecular complexity index is 540. The second kappa shape index (κ2) is 6.19. The van der Waals surface area contributed by atoms with Crippen molar-refractivity contribution in [2.75, 3.05) is 12.8 Å². The van der Waals surface area contributed by atoms with Gasteiger partial charge in [-0.15, -0.1) is 11.3 Å². The van der Waals surface area contributed by atoms with Crippen LogP contribution in [0.3, 0.4) is 0 Å². The van der Waals surface area contributed by atoms with Crippen LogP contribution >= 0.6 is 43.2 Å². The van der Waals surface area contributed by atoms with Crippen molar-refractivity contribution in [2.24, 2.45) is 0 Å². The minimum absolute atomic E-state index is 0.836. The molecule has 18 heavy (non-hydrogen) atoms. The molecule has 1 aromatic heterocycles. The first-order valence-electron chi connectivity index (χ1n) is 5.50. The lowest BCUT2D eigenvalue weighted by Gasteiger charge is -2.17. The molecule has 0 aliphatic heterocycles. The van der Waals surface area contributed by atoms with Crippen molar-refractivity contribution in [3.63, 3.8) is 0 Å². The second-order valence-electron chi connectivity index (χ2n) is 4.27. The SMILES string of the molecule is CN(Cc1csc(Br)c1)Cc1ccc(Br)cc1N. The zero-order valence-electron chi connectivity index (χ0n) is 9.99. The number of nitrogens with zero attached hydrogens (tertiary/aromatic N) is 1. The number of hydrogen-bond acceptors (Lipinski definition) is 3. The number of rotatable bonds is 4. The van der Waals surface area contributed by atoms with Crippen molar-refractivity contribution < 1.29 is 0 Å². The highest BCUT2D eigenvalue weighted by Gasteiger charge is 2.06. The van der Waals surface area contributed by atoms with Crippen LogP contribution in [0.2, 0.25) is 0 Å². The molecule has 96 valence electrons. The highest BCUT2D eigenvalue weighted by atomic mass is 79.9. The van der Waals surface area contributed by atoms with Crippen molar-refractivity contribution in [2.45, 2.75) is 13.1 Å². The van der Waals surface area contributed by atoms with Crippen LogP contribution in [-0.4, -0.2) is 11.9 Å². The third-order valence-corrected chi connectivity index (χ3v) is 4.67. The fraction of sp³-hybridized carbons (Fsp3) is 0.231. The Morgan fingerprint density at radius 2 is 2.00 bits per heavy atom. The number of hydrogen-bond donors (Lipinski definition) is 1. The summed E-state index contributed by atoms with van der Waals surface area (Å²) in [7, 11) is 2.10. The van der Waals surface area contributed by atoms with Gasteiger partial charge in [0.15, 0.2) is 0 Å². The Balaban J connectivity index is 2.00. The molecule has 0 unspecified atom stereocenters. The summed E-state index contributed by atoms with van der Waals surface area (Å²) in [4.78, 5) is 2.26. The first-order chi connectivity index (χ1) is 8.54. The van der Waals surface area contributed by atoms with Gasteiger partial charge < -0.3 is 5.73 Å². The maximum Gasteiger partial charge on any atom is 0.0701 e. The van der Waals surface area contributed by atoms with E-state index in [1.165, 1.54) is 9.35 Å². The highest BCUT2D eigenvalue weighted by Crippen LogP contribution is 2.23. The summed E-state index contributed by atoms with van der Waals surface area (Å²) in [5, 5.41) is 2.17. The highest BCUT2D eigenvalue weighted by molar-refractivity contribution is 9.11. The molecule has 0 saturated heterocycles. The van der Waals surface area contributed by atoms with Crippen LogP contribution in [0.1, 0.15) is 11.1 Å². The molecule has 0 fully saturated rings. The summed E-state index contributed by atoms with van der Waals surface area (Å²) in [6.45, 7) is 1.78. The third kappa shape index (κ3) is 3.82. The molecule has 2 aromatic rings. The predicted octanol–water partition coefficient (Wildman–Crippen LogP) is 4.49. The molecule has 0 bridgehead atoms. The molecule has 0 atom stereocenters. The summed E-state index contributed by atoms with van der Waals surface area (Å²) in [5.74, 6) is 0. The molecule has 5 heteroatoms. The third-order valence-electron chi connectivity index (χ3n) is 2.62. The molecule has 2 rings (SSSR count). The van der Waals surface area contributed by atoms with Gasteiger partial charge in [0.1, 0.15) is 0 Å². The Morgan fingerprint density at radius 3 is 2.61 bits per heavy atom. The quantitative estimate of drug-likeness (QED) is 0.780. The van der Waals surface area contributed by atoms with E-state index < -0.39 is 0 Å². The maximum absolute atomic E-state index is 6.01. The van der Waals surface area contributed by atoms with E-state index in [0.29, 0.717) is 0 Å². The van der Waals surface area contributed by atoms with Gasteiger partial charge in [0, 0.05) is 23.2 Å². The summed E-state index contributed by atoms with van der Waals surface area (Å²) in [6, 6.07) is 8.20. The van der Waals surface area contributed by atoms with Crippen molar-refractivity contribution in [1.29, 1.82) is 0 Å². The standard InChI is InChI=1S/C13H14Br2N2S/c1-17(6-9-4-13(15)18-8-9)7-10-2-3-11(14)5-12(10)16/h2-5,8H,6-7,16H2,1H3. The van der Waals surface area contributed by atoms with E-state index in [4.69, 9.17) is 5.73 Å². The number of thiophene rings is 1. The smallest absolute Gasteiger partial charge is 0.0701 e. The summed E-state index contributed by atoms with van der Waals surface area (Å²) in [6.07, 6.45) is 0. The van der Waals surface area contributed by atoms with Crippen LogP contribution in [0.4, 0.5) is 5.69 Å². The van der Waals surface area contributed by atoms with Crippen LogP contribution in [0.5, 0.6) is 0 Å². The molecule has 0 amide bonds. The van der Waals surface area contributed by atoms with Crippen molar-refractivity contribution in [1.82, 2.24) is 4.90 Å². The number of nitrogen functional groups attached to an aromatic ring is 1. The lowest BCUT2D eigenvalue weighted by molar-refractivity contribution is 0.320. The molecule has 2 N–H and O–H groups in total. The van der Waals surface area contributed by atoms with E-state index >= 15 is 0 Å². The predicted molar refractivity (Wildman–Crippen MR) is 85.7 cm³/mol. The molecular formula is C13H14Br2N2S. The van der Waals surface area contributed by atoms with E-state index in [0.717, 1.165) is 28.8 Å².